The molecule has 0 N–H and O–H groups in total. The number of rotatable bonds is 3. The van der Waals surface area contributed by atoms with Crippen LogP contribution in [-0.4, -0.2) is 34.3 Å². The Morgan fingerprint density at radius 2 is 2.64 bits per heavy atom. The smallest absolute Gasteiger partial charge is 0.259 e. The van der Waals surface area contributed by atoms with Gasteiger partial charge in [-0.15, -0.1) is 6.42 Å². The second kappa shape index (κ2) is 2.72. The molecule has 0 aliphatic carbocycles. The van der Waals surface area contributed by atoms with Crippen LogP contribution >= 0.6 is 11.9 Å². The Morgan fingerprint density at radius 3 is 2.91 bits per heavy atom. The maximum Gasteiger partial charge on any atom is 0.397 e. The van der Waals surface area contributed by atoms with Crippen molar-refractivity contribution >= 4 is 11.9 Å². The van der Waals surface area contributed by atoms with E-state index >= 15 is 0 Å². The molecule has 2 unspecified atom stereocenters. The first-order chi connectivity index (χ1) is 5.16. The predicted octanol–water partition coefficient (Wildman–Crippen LogP) is 0.331. The van der Waals surface area contributed by atoms with Crippen LogP contribution in [0.2, 0.25) is 0 Å². The molecule has 0 aromatic heterocycles. The topological polar surface area (TPSA) is 43.1 Å². The van der Waals surface area contributed by atoms with Crippen molar-refractivity contribution in [2.75, 3.05) is 19.3 Å². The minimum atomic E-state index is -0.471. The molecule has 11 heavy (non-hydrogen) atoms. The predicted molar refractivity (Wildman–Crippen MR) is 43.1 cm³/mol. The molecule has 0 bridgehead atoms. The Labute approximate surface area is 69.4 Å². The molecule has 1 heterocycles. The van der Waals surface area contributed by atoms with Crippen LogP contribution in [0.4, 0.5) is 0 Å². The molecule has 1 fully saturated rings. The summed E-state index contributed by atoms with van der Waals surface area (Å²) in [4.78, 5) is 10.1. The van der Waals surface area contributed by atoms with Crippen LogP contribution < -0.4 is 0 Å². The monoisotopic (exact) mass is 173 g/mol. The molecule has 4 nitrogen and oxygen atoms in total. The fourth-order valence-corrected chi connectivity index (χ4v) is 1.86. The van der Waals surface area contributed by atoms with Gasteiger partial charge in [-0.3, -0.25) is 10.1 Å². The number of terminal acetylenes is 1. The van der Waals surface area contributed by atoms with E-state index in [-0.39, 0.29) is 4.92 Å². The third-order valence-corrected chi connectivity index (χ3v) is 3.10. The summed E-state index contributed by atoms with van der Waals surface area (Å²) in [6, 6.07) is 0. The Kier molecular flexibility index (Phi) is 2.07. The summed E-state index contributed by atoms with van der Waals surface area (Å²) < 4.78 is 0.392. The van der Waals surface area contributed by atoms with Crippen molar-refractivity contribution in [2.24, 2.45) is 0 Å². The second-order valence-corrected chi connectivity index (χ2v) is 3.54. The maximum absolute atomic E-state index is 10.3. The van der Waals surface area contributed by atoms with Crippen LogP contribution in [-0.2, 0) is 0 Å². The van der Waals surface area contributed by atoms with Crippen molar-refractivity contribution in [1.82, 2.24) is 0 Å². The molecule has 0 aromatic carbocycles. The molecule has 60 valence electrons. The fourth-order valence-electron chi connectivity index (χ4n) is 1.05. The molecule has 1 aliphatic rings. The van der Waals surface area contributed by atoms with E-state index in [9.17, 15) is 10.1 Å². The lowest BCUT2D eigenvalue weighted by Crippen LogP contribution is -2.24. The largest absolute Gasteiger partial charge is 0.397 e. The van der Waals surface area contributed by atoms with Gasteiger partial charge in [-0.05, 0) is 5.92 Å². The standard InChI is InChI=1S/C6H9N2O2S/c1-3-4-8(11-2)5-6(8)7(9)10/h1,6H,4-5H2,2H3/q+1. The molecule has 0 aromatic rings. The first-order valence-corrected chi connectivity index (χ1v) is 4.34. The van der Waals surface area contributed by atoms with E-state index in [2.05, 4.69) is 5.92 Å². The van der Waals surface area contributed by atoms with E-state index in [0.29, 0.717) is 17.0 Å². The molecule has 5 heteroatoms. The molecule has 0 spiro atoms. The zero-order chi connectivity index (χ0) is 8.48. The van der Waals surface area contributed by atoms with Gasteiger partial charge in [0, 0.05) is 6.26 Å². The minimum Gasteiger partial charge on any atom is -0.259 e. The van der Waals surface area contributed by atoms with Crippen molar-refractivity contribution in [3.8, 4) is 12.3 Å². The van der Waals surface area contributed by atoms with E-state index in [1.807, 2.05) is 6.26 Å². The summed E-state index contributed by atoms with van der Waals surface area (Å²) in [5.74, 6) is 2.45. The third-order valence-electron chi connectivity index (χ3n) is 1.85. The number of nitrogens with zero attached hydrogens (tertiary/aromatic N) is 2. The number of hydrogen-bond acceptors (Lipinski definition) is 3. The summed E-state index contributed by atoms with van der Waals surface area (Å²) in [7, 11) is 0. The lowest BCUT2D eigenvalue weighted by molar-refractivity contribution is -0.757. The first-order valence-electron chi connectivity index (χ1n) is 3.16. The van der Waals surface area contributed by atoms with Crippen molar-refractivity contribution < 1.29 is 8.81 Å². The van der Waals surface area contributed by atoms with Crippen molar-refractivity contribution in [3.63, 3.8) is 0 Å². The highest BCUT2D eigenvalue weighted by atomic mass is 32.2. The van der Waals surface area contributed by atoms with Gasteiger partial charge in [0.05, 0.1) is 16.9 Å². The van der Waals surface area contributed by atoms with Gasteiger partial charge in [0.2, 0.25) is 6.54 Å². The summed E-state index contributed by atoms with van der Waals surface area (Å²) in [6.45, 7) is 1.02. The molecule has 2 atom stereocenters. The quantitative estimate of drug-likeness (QED) is 0.154. The van der Waals surface area contributed by atoms with Gasteiger partial charge in [0.15, 0.2) is 6.54 Å². The first kappa shape index (κ1) is 8.37. The summed E-state index contributed by atoms with van der Waals surface area (Å²) in [6.07, 6.45) is 6.47. The molecule has 0 radical (unpaired) electrons. The molecule has 1 aliphatic heterocycles. The molecule has 1 saturated heterocycles. The van der Waals surface area contributed by atoms with Crippen LogP contribution in [0.15, 0.2) is 0 Å². The highest BCUT2D eigenvalue weighted by Crippen LogP contribution is 2.38. The lowest BCUT2D eigenvalue weighted by Gasteiger charge is -2.06. The Morgan fingerprint density at radius 1 is 2.00 bits per heavy atom. The van der Waals surface area contributed by atoms with E-state index in [0.717, 1.165) is 0 Å². The lowest BCUT2D eigenvalue weighted by atomic mass is 10.7. The van der Waals surface area contributed by atoms with E-state index < -0.39 is 6.17 Å². The number of nitro groups is 1. The van der Waals surface area contributed by atoms with Gasteiger partial charge < -0.3 is 0 Å². The zero-order valence-corrected chi connectivity index (χ0v) is 7.00. The molecule has 0 saturated carbocycles. The van der Waals surface area contributed by atoms with Crippen molar-refractivity contribution in [1.29, 1.82) is 0 Å². The average Bonchev–Trinajstić information content (AvgIpc) is 2.65. The fraction of sp³-hybridized carbons (Fsp3) is 0.667. The van der Waals surface area contributed by atoms with Gasteiger partial charge >= 0.3 is 6.17 Å². The van der Waals surface area contributed by atoms with E-state index in [1.54, 1.807) is 0 Å². The Hall–Kier alpha value is -0.730. The molecule has 0 amide bonds. The van der Waals surface area contributed by atoms with Crippen LogP contribution in [0.5, 0.6) is 0 Å². The highest BCUT2D eigenvalue weighted by Gasteiger charge is 2.65. The van der Waals surface area contributed by atoms with E-state index in [4.69, 9.17) is 6.42 Å². The molecule has 1 rings (SSSR count). The zero-order valence-electron chi connectivity index (χ0n) is 6.19. The Balaban J connectivity index is 2.57. The van der Waals surface area contributed by atoms with Crippen LogP contribution in [0.1, 0.15) is 0 Å². The van der Waals surface area contributed by atoms with Gasteiger partial charge in [0.25, 0.3) is 0 Å². The van der Waals surface area contributed by atoms with Gasteiger partial charge in [0.1, 0.15) is 0 Å². The van der Waals surface area contributed by atoms with Crippen LogP contribution in [0, 0.1) is 22.5 Å². The summed E-state index contributed by atoms with van der Waals surface area (Å²) >= 11 is 1.45. The van der Waals surface area contributed by atoms with Gasteiger partial charge in [-0.25, -0.2) is 0 Å². The van der Waals surface area contributed by atoms with Gasteiger partial charge in [-0.2, -0.15) is 3.89 Å². The third kappa shape index (κ3) is 1.32. The highest BCUT2D eigenvalue weighted by molar-refractivity contribution is 7.93. The van der Waals surface area contributed by atoms with Crippen molar-refractivity contribution in [2.45, 2.75) is 6.17 Å². The van der Waals surface area contributed by atoms with E-state index in [1.165, 1.54) is 11.9 Å². The second-order valence-electron chi connectivity index (χ2n) is 2.45. The SMILES string of the molecule is C#CC[N+]1(SC)CC1[N+](=O)[O-]. The van der Waals surface area contributed by atoms with Gasteiger partial charge in [-0.1, -0.05) is 0 Å². The summed E-state index contributed by atoms with van der Waals surface area (Å²) in [5, 5.41) is 10.3. The number of quaternary nitrogens is 1. The minimum absolute atomic E-state index is 0.256. The molecular weight excluding hydrogens is 164 g/mol. The van der Waals surface area contributed by atoms with Crippen LogP contribution in [0.25, 0.3) is 0 Å². The maximum atomic E-state index is 10.3. The number of hydrogen-bond donors (Lipinski definition) is 0. The Bertz CT molecular complexity index is 225. The molecular formula is C6H9N2O2S+. The van der Waals surface area contributed by atoms with Crippen LogP contribution in [0.3, 0.4) is 0 Å². The normalized spacial score (nSPS) is 34.4. The summed E-state index contributed by atoms with van der Waals surface area (Å²) in [5.41, 5.74) is 0. The average molecular weight is 173 g/mol. The van der Waals surface area contributed by atoms with Crippen molar-refractivity contribution in [3.05, 3.63) is 10.1 Å².